The van der Waals surface area contributed by atoms with Crippen LogP contribution in [0.5, 0.6) is 11.5 Å². The second-order valence-corrected chi connectivity index (χ2v) is 6.52. The molecule has 1 aliphatic heterocycles. The molecule has 1 aliphatic rings. The molecule has 2 aromatic carbocycles. The van der Waals surface area contributed by atoms with Crippen molar-refractivity contribution in [2.45, 2.75) is 13.0 Å². The molecule has 0 amide bonds. The summed E-state index contributed by atoms with van der Waals surface area (Å²) < 4.78 is 11.3. The molecule has 0 bridgehead atoms. The fourth-order valence-electron chi connectivity index (χ4n) is 2.75. The smallest absolute Gasteiger partial charge is 0.131 e. The summed E-state index contributed by atoms with van der Waals surface area (Å²) in [6.45, 7) is 5.01. The topological polar surface area (TPSA) is 47.7 Å². The van der Waals surface area contributed by atoms with E-state index in [2.05, 4.69) is 16.7 Å². The highest BCUT2D eigenvalue weighted by Gasteiger charge is 2.08. The van der Waals surface area contributed by atoms with Crippen molar-refractivity contribution in [1.82, 2.24) is 4.90 Å². The van der Waals surface area contributed by atoms with Crippen LogP contribution in [0.25, 0.3) is 0 Å². The van der Waals surface area contributed by atoms with E-state index in [4.69, 9.17) is 26.8 Å². The molecule has 0 aliphatic carbocycles. The molecule has 136 valence electrons. The highest BCUT2D eigenvalue weighted by Crippen LogP contribution is 2.27. The number of morpholine rings is 1. The molecule has 0 radical (unpaired) electrons. The van der Waals surface area contributed by atoms with Gasteiger partial charge in [-0.1, -0.05) is 23.4 Å². The molecule has 0 saturated carbocycles. The van der Waals surface area contributed by atoms with Crippen LogP contribution in [0.15, 0.2) is 42.5 Å². The fraction of sp³-hybridized carbons (Fsp3) is 0.333. The van der Waals surface area contributed by atoms with Gasteiger partial charge >= 0.3 is 0 Å². The van der Waals surface area contributed by atoms with Gasteiger partial charge in [0.05, 0.1) is 13.2 Å². The van der Waals surface area contributed by atoms with Crippen molar-refractivity contribution in [3.63, 3.8) is 0 Å². The van der Waals surface area contributed by atoms with Crippen molar-refractivity contribution in [2.75, 3.05) is 32.8 Å². The van der Waals surface area contributed by atoms with Crippen molar-refractivity contribution >= 4 is 11.6 Å². The summed E-state index contributed by atoms with van der Waals surface area (Å²) >= 11 is 5.90. The van der Waals surface area contributed by atoms with Gasteiger partial charge in [0, 0.05) is 48.7 Å². The Bertz CT molecular complexity index is 775. The fourth-order valence-corrected chi connectivity index (χ4v) is 2.88. The molecule has 4 nitrogen and oxygen atoms in total. The van der Waals surface area contributed by atoms with Gasteiger partial charge in [0.15, 0.2) is 0 Å². The molecule has 1 heterocycles. The van der Waals surface area contributed by atoms with E-state index in [1.807, 2.05) is 30.3 Å². The number of nitrogens with two attached hydrogens (primary N) is 1. The Morgan fingerprint density at radius 1 is 1.12 bits per heavy atom. The third-order valence-electron chi connectivity index (χ3n) is 4.21. The second-order valence-electron chi connectivity index (χ2n) is 6.09. The van der Waals surface area contributed by atoms with E-state index >= 15 is 0 Å². The number of halogens is 1. The molecule has 1 fully saturated rings. The minimum absolute atomic E-state index is 0.395. The zero-order chi connectivity index (χ0) is 18.2. The van der Waals surface area contributed by atoms with E-state index < -0.39 is 0 Å². The highest BCUT2D eigenvalue weighted by atomic mass is 35.5. The average Bonchev–Trinajstić information content (AvgIpc) is 2.68. The van der Waals surface area contributed by atoms with Gasteiger partial charge in [-0.25, -0.2) is 0 Å². The SMILES string of the molecule is NCc1cc(C#CCCN2CCOCC2)ccc1Oc1ccc(Cl)cc1. The van der Waals surface area contributed by atoms with Crippen LogP contribution in [0.1, 0.15) is 17.5 Å². The van der Waals surface area contributed by atoms with Crippen LogP contribution in [0.2, 0.25) is 5.02 Å². The van der Waals surface area contributed by atoms with E-state index in [1.54, 1.807) is 12.1 Å². The van der Waals surface area contributed by atoms with Crippen LogP contribution < -0.4 is 10.5 Å². The molecule has 0 spiro atoms. The highest BCUT2D eigenvalue weighted by molar-refractivity contribution is 6.30. The van der Waals surface area contributed by atoms with Crippen LogP contribution in [0.3, 0.4) is 0 Å². The maximum atomic E-state index is 5.91. The van der Waals surface area contributed by atoms with E-state index in [0.717, 1.165) is 61.9 Å². The van der Waals surface area contributed by atoms with Crippen LogP contribution in [-0.4, -0.2) is 37.7 Å². The first kappa shape index (κ1) is 18.8. The summed E-state index contributed by atoms with van der Waals surface area (Å²) in [6.07, 6.45) is 0.848. The van der Waals surface area contributed by atoms with Gasteiger partial charge in [-0.05, 0) is 42.5 Å². The maximum Gasteiger partial charge on any atom is 0.131 e. The maximum absolute atomic E-state index is 5.91. The first-order chi connectivity index (χ1) is 12.7. The lowest BCUT2D eigenvalue weighted by atomic mass is 10.1. The molecule has 0 atom stereocenters. The minimum Gasteiger partial charge on any atom is -0.457 e. The molecule has 2 N–H and O–H groups in total. The van der Waals surface area contributed by atoms with Crippen molar-refractivity contribution in [3.8, 4) is 23.3 Å². The lowest BCUT2D eigenvalue weighted by Gasteiger charge is -2.25. The normalized spacial score (nSPS) is 14.5. The van der Waals surface area contributed by atoms with E-state index in [0.29, 0.717) is 11.6 Å². The number of ether oxygens (including phenoxy) is 2. The Balaban J connectivity index is 1.61. The Morgan fingerprint density at radius 3 is 2.62 bits per heavy atom. The summed E-state index contributed by atoms with van der Waals surface area (Å²) in [5.74, 6) is 7.94. The van der Waals surface area contributed by atoms with Crippen molar-refractivity contribution in [1.29, 1.82) is 0 Å². The third-order valence-corrected chi connectivity index (χ3v) is 4.46. The molecule has 0 unspecified atom stereocenters. The number of benzene rings is 2. The van der Waals surface area contributed by atoms with E-state index in [1.165, 1.54) is 0 Å². The zero-order valence-electron chi connectivity index (χ0n) is 14.7. The predicted molar refractivity (Wildman–Crippen MR) is 105 cm³/mol. The Hall–Kier alpha value is -2.03. The zero-order valence-corrected chi connectivity index (χ0v) is 15.5. The lowest BCUT2D eigenvalue weighted by Crippen LogP contribution is -2.36. The van der Waals surface area contributed by atoms with Gasteiger partial charge in [0.2, 0.25) is 0 Å². The Labute approximate surface area is 159 Å². The van der Waals surface area contributed by atoms with E-state index in [9.17, 15) is 0 Å². The molecular formula is C21H23ClN2O2. The van der Waals surface area contributed by atoms with Gasteiger partial charge in [0.1, 0.15) is 11.5 Å². The standard InChI is InChI=1S/C21H23ClN2O2/c22-19-5-7-20(8-6-19)26-21-9-4-17(15-18(21)16-23)3-1-2-10-24-11-13-25-14-12-24/h4-9,15H,2,10-14,16,23H2. The third kappa shape index (κ3) is 5.48. The predicted octanol–water partition coefficient (Wildman–Crippen LogP) is 3.66. The van der Waals surface area contributed by atoms with E-state index in [-0.39, 0.29) is 0 Å². The largest absolute Gasteiger partial charge is 0.457 e. The van der Waals surface area contributed by atoms with Crippen LogP contribution in [-0.2, 0) is 11.3 Å². The number of hydrogen-bond acceptors (Lipinski definition) is 4. The van der Waals surface area contributed by atoms with Gasteiger partial charge in [0.25, 0.3) is 0 Å². The molecule has 1 saturated heterocycles. The molecule has 2 aromatic rings. The number of nitrogens with zero attached hydrogens (tertiary/aromatic N) is 1. The molecule has 0 aromatic heterocycles. The first-order valence-corrected chi connectivity index (χ1v) is 9.18. The Morgan fingerprint density at radius 2 is 1.88 bits per heavy atom. The lowest BCUT2D eigenvalue weighted by molar-refractivity contribution is 0.0390. The summed E-state index contributed by atoms with van der Waals surface area (Å²) in [5.41, 5.74) is 7.77. The van der Waals surface area contributed by atoms with Gasteiger partial charge < -0.3 is 15.2 Å². The van der Waals surface area contributed by atoms with Crippen molar-refractivity contribution in [3.05, 3.63) is 58.6 Å². The Kier molecular flexibility index (Phi) is 6.93. The molecule has 3 rings (SSSR count). The van der Waals surface area contributed by atoms with Gasteiger partial charge in [-0.15, -0.1) is 0 Å². The number of hydrogen-bond donors (Lipinski definition) is 1. The van der Waals surface area contributed by atoms with Gasteiger partial charge in [-0.3, -0.25) is 4.90 Å². The minimum atomic E-state index is 0.395. The monoisotopic (exact) mass is 370 g/mol. The molecular weight excluding hydrogens is 348 g/mol. The van der Waals surface area contributed by atoms with Crippen molar-refractivity contribution in [2.24, 2.45) is 5.73 Å². The van der Waals surface area contributed by atoms with Crippen LogP contribution in [0.4, 0.5) is 0 Å². The summed E-state index contributed by atoms with van der Waals surface area (Å²) in [6, 6.07) is 13.1. The van der Waals surface area contributed by atoms with Crippen LogP contribution >= 0.6 is 11.6 Å². The quantitative estimate of drug-likeness (QED) is 0.816. The number of rotatable bonds is 5. The van der Waals surface area contributed by atoms with Crippen molar-refractivity contribution < 1.29 is 9.47 Å². The summed E-state index contributed by atoms with van der Waals surface area (Å²) in [7, 11) is 0. The first-order valence-electron chi connectivity index (χ1n) is 8.80. The summed E-state index contributed by atoms with van der Waals surface area (Å²) in [4.78, 5) is 2.38. The molecule has 5 heteroatoms. The second kappa shape index (κ2) is 9.61. The summed E-state index contributed by atoms with van der Waals surface area (Å²) in [5, 5.41) is 0.680. The van der Waals surface area contributed by atoms with Gasteiger partial charge in [-0.2, -0.15) is 0 Å². The molecule has 26 heavy (non-hydrogen) atoms. The van der Waals surface area contributed by atoms with Crippen LogP contribution in [0, 0.1) is 11.8 Å². The average molecular weight is 371 g/mol.